The Morgan fingerprint density at radius 1 is 1.38 bits per heavy atom. The van der Waals surface area contributed by atoms with E-state index >= 15 is 0 Å². The molecule has 0 aliphatic carbocycles. The van der Waals surface area contributed by atoms with Crippen LogP contribution < -0.4 is 0 Å². The molecule has 0 bridgehead atoms. The second-order valence-electron chi connectivity index (χ2n) is 4.49. The fourth-order valence-corrected chi connectivity index (χ4v) is 1.50. The monoisotopic (exact) mass is 260 g/mol. The van der Waals surface area contributed by atoms with Crippen molar-refractivity contribution in [3.63, 3.8) is 0 Å². The third-order valence-electron chi connectivity index (χ3n) is 1.89. The van der Waals surface area contributed by atoms with E-state index in [1.54, 1.807) is 0 Å². The molecule has 1 rings (SSSR count). The van der Waals surface area contributed by atoms with Crippen molar-refractivity contribution >= 4 is 0 Å². The van der Waals surface area contributed by atoms with Crippen LogP contribution in [0.15, 0.2) is 0 Å². The van der Waals surface area contributed by atoms with E-state index < -0.39 is 0 Å². The summed E-state index contributed by atoms with van der Waals surface area (Å²) in [5.41, 5.74) is -0.0893. The largest absolute Gasteiger partial charge is 0.405 e. The molecule has 0 N–H and O–H groups in total. The molecule has 1 aliphatic rings. The van der Waals surface area contributed by atoms with Gasteiger partial charge < -0.3 is 16.4 Å². The molecule has 1 radical (unpaired) electrons. The van der Waals surface area contributed by atoms with Gasteiger partial charge in [0, 0.05) is 32.7 Å². The van der Waals surface area contributed by atoms with Crippen molar-refractivity contribution in [2.75, 3.05) is 0 Å². The van der Waals surface area contributed by atoms with Crippen molar-refractivity contribution in [2.24, 2.45) is 0 Å². The van der Waals surface area contributed by atoms with E-state index in [4.69, 9.17) is 9.47 Å². The van der Waals surface area contributed by atoms with E-state index in [1.165, 1.54) is 0 Å². The Kier molecular flexibility index (Phi) is 5.61. The van der Waals surface area contributed by atoms with Crippen molar-refractivity contribution in [3.05, 3.63) is 6.92 Å². The Hall–Kier alpha value is 1.02. The van der Waals surface area contributed by atoms with Crippen LogP contribution in [0.4, 0.5) is 0 Å². The molecule has 13 heavy (non-hydrogen) atoms. The van der Waals surface area contributed by atoms with Crippen LogP contribution in [0.5, 0.6) is 0 Å². The normalized spacial score (nSPS) is 34.4. The Morgan fingerprint density at radius 3 is 2.23 bits per heavy atom. The first-order valence-corrected chi connectivity index (χ1v) is 4.55. The Labute approximate surface area is 107 Å². The van der Waals surface area contributed by atoms with Gasteiger partial charge in [-0.3, -0.25) is 0 Å². The molecule has 0 spiro atoms. The molecular weight excluding hydrogens is 241 g/mol. The van der Waals surface area contributed by atoms with Crippen molar-refractivity contribution in [3.8, 4) is 0 Å². The minimum Gasteiger partial charge on any atom is -0.405 e. The molecule has 1 saturated heterocycles. The molecule has 75 valence electrons. The van der Waals surface area contributed by atoms with E-state index in [1.807, 2.05) is 0 Å². The first-order chi connectivity index (χ1) is 5.38. The van der Waals surface area contributed by atoms with E-state index in [0.29, 0.717) is 6.10 Å². The number of ether oxygens (including phenoxy) is 2. The molecule has 2 nitrogen and oxygen atoms in total. The second-order valence-corrected chi connectivity index (χ2v) is 4.49. The minimum atomic E-state index is -0.0893. The van der Waals surface area contributed by atoms with Crippen LogP contribution in [0.25, 0.3) is 0 Å². The van der Waals surface area contributed by atoms with Gasteiger partial charge in [-0.1, -0.05) is 0 Å². The summed E-state index contributed by atoms with van der Waals surface area (Å²) in [6, 6.07) is 0. The van der Waals surface area contributed by atoms with E-state index in [0.717, 1.165) is 6.42 Å². The molecule has 1 heterocycles. The van der Waals surface area contributed by atoms with Crippen LogP contribution in [0.3, 0.4) is 0 Å². The number of rotatable bonds is 1. The van der Waals surface area contributed by atoms with Gasteiger partial charge in [-0.05, 0) is 40.2 Å². The van der Waals surface area contributed by atoms with Crippen LogP contribution in [0.2, 0.25) is 0 Å². The molecule has 0 aromatic heterocycles. The second kappa shape index (κ2) is 5.20. The summed E-state index contributed by atoms with van der Waals surface area (Å²) in [5.74, 6) is 0. The summed E-state index contributed by atoms with van der Waals surface area (Å²) in [4.78, 5) is 0. The van der Waals surface area contributed by atoms with E-state index in [9.17, 15) is 0 Å². The van der Waals surface area contributed by atoms with Gasteiger partial charge in [0.25, 0.3) is 0 Å². The van der Waals surface area contributed by atoms with Crippen molar-refractivity contribution in [1.29, 1.82) is 0 Å². The molecule has 3 atom stereocenters. The molecule has 0 amide bonds. The number of hydrogen-bond acceptors (Lipinski definition) is 2. The molecule has 3 heteroatoms. The van der Waals surface area contributed by atoms with Gasteiger partial charge in [-0.15, -0.1) is 0 Å². The fourth-order valence-electron chi connectivity index (χ4n) is 1.50. The maximum Gasteiger partial charge on any atom is 0.0602 e. The van der Waals surface area contributed by atoms with Gasteiger partial charge in [-0.25, -0.2) is 0 Å². The molecule has 1 aliphatic heterocycles. The summed E-state index contributed by atoms with van der Waals surface area (Å²) in [5, 5.41) is 0. The summed E-state index contributed by atoms with van der Waals surface area (Å²) in [6.45, 7) is 12.1. The Balaban J connectivity index is 0.00000144. The van der Waals surface area contributed by atoms with Gasteiger partial charge >= 0.3 is 0 Å². The maximum atomic E-state index is 5.79. The van der Waals surface area contributed by atoms with Crippen molar-refractivity contribution < 1.29 is 42.2 Å². The fraction of sp³-hybridized carbons (Fsp3) is 0.900. The zero-order valence-corrected chi connectivity index (χ0v) is 11.9. The van der Waals surface area contributed by atoms with Gasteiger partial charge in [0.05, 0.1) is 17.8 Å². The molecule has 0 aromatic rings. The summed E-state index contributed by atoms with van der Waals surface area (Å²) >= 11 is 0. The Morgan fingerprint density at radius 2 is 1.92 bits per heavy atom. The quantitative estimate of drug-likeness (QED) is 0.673. The topological polar surface area (TPSA) is 18.5 Å². The zero-order valence-electron chi connectivity index (χ0n) is 9.04. The van der Waals surface area contributed by atoms with Crippen LogP contribution in [0, 0.1) is 6.92 Å². The van der Waals surface area contributed by atoms with Gasteiger partial charge in [0.2, 0.25) is 0 Å². The molecule has 0 unspecified atom stereocenters. The standard InChI is InChI=1S/C10H19O2.Y/c1-7-6-9(8(2)11-7)12-10(3,4)5;/h7-9H,2,6H2,1,3-5H3;/q-1;/t7-,8+,9+;/m0./s1. The Bertz CT molecular complexity index is 153. The summed E-state index contributed by atoms with van der Waals surface area (Å²) in [7, 11) is 0. The predicted octanol–water partition coefficient (Wildman–Crippen LogP) is 2.18. The van der Waals surface area contributed by atoms with Crippen LogP contribution in [0.1, 0.15) is 34.1 Å². The summed E-state index contributed by atoms with van der Waals surface area (Å²) < 4.78 is 11.3. The molecule has 0 saturated carbocycles. The van der Waals surface area contributed by atoms with Crippen LogP contribution >= 0.6 is 0 Å². The van der Waals surface area contributed by atoms with Gasteiger partial charge in [-0.2, -0.15) is 0 Å². The van der Waals surface area contributed by atoms with Crippen molar-refractivity contribution in [1.82, 2.24) is 0 Å². The molecule has 1 fully saturated rings. The minimum absolute atomic E-state index is 0. The van der Waals surface area contributed by atoms with E-state index in [-0.39, 0.29) is 50.5 Å². The average Bonchev–Trinajstić information content (AvgIpc) is 2.06. The zero-order chi connectivity index (χ0) is 9.35. The predicted molar refractivity (Wildman–Crippen MR) is 48.9 cm³/mol. The first-order valence-electron chi connectivity index (χ1n) is 4.55. The average molecular weight is 260 g/mol. The van der Waals surface area contributed by atoms with Crippen LogP contribution in [-0.2, 0) is 42.2 Å². The third-order valence-corrected chi connectivity index (χ3v) is 1.89. The molecular formula is C10H19O2Y-. The van der Waals surface area contributed by atoms with E-state index in [2.05, 4.69) is 34.6 Å². The third kappa shape index (κ3) is 4.87. The number of hydrogen-bond donors (Lipinski definition) is 0. The smallest absolute Gasteiger partial charge is 0.0602 e. The molecule has 0 aromatic carbocycles. The first kappa shape index (κ1) is 14.0. The maximum absolute atomic E-state index is 5.79. The van der Waals surface area contributed by atoms with Crippen LogP contribution in [-0.4, -0.2) is 23.9 Å². The van der Waals surface area contributed by atoms with Gasteiger partial charge in [0.15, 0.2) is 0 Å². The van der Waals surface area contributed by atoms with Gasteiger partial charge in [0.1, 0.15) is 0 Å². The van der Waals surface area contributed by atoms with Crippen molar-refractivity contribution in [2.45, 2.75) is 58.0 Å². The SMILES string of the molecule is [CH2-][C@H]1O[C@@H](C)C[C@H]1OC(C)(C)C.[Y]. The summed E-state index contributed by atoms with van der Waals surface area (Å²) in [6.07, 6.45) is 1.42.